The first-order valence-corrected chi connectivity index (χ1v) is 9.69. The number of halogens is 3. The molecule has 1 aromatic carbocycles. The maximum atomic E-state index is 13.6. The van der Waals surface area contributed by atoms with Gasteiger partial charge in [0.2, 0.25) is 0 Å². The summed E-state index contributed by atoms with van der Waals surface area (Å²) in [5.74, 6) is 0.0479. The van der Waals surface area contributed by atoms with Gasteiger partial charge in [-0.1, -0.05) is 0 Å². The Balaban J connectivity index is 1.74. The summed E-state index contributed by atoms with van der Waals surface area (Å²) in [5.41, 5.74) is 0.643. The number of benzene rings is 1. The Morgan fingerprint density at radius 2 is 1.94 bits per heavy atom. The number of hydroxylamine groups is 1. The minimum Gasteiger partial charge on any atom is -0.496 e. The maximum Gasteiger partial charge on any atom is 0.420 e. The number of fused-ring (bicyclic) bond motifs is 1. The molecule has 0 N–H and O–H groups in total. The number of anilines is 2. The van der Waals surface area contributed by atoms with Gasteiger partial charge in [-0.15, -0.1) is 5.06 Å². The van der Waals surface area contributed by atoms with Gasteiger partial charge in [-0.25, -0.2) is 4.79 Å². The van der Waals surface area contributed by atoms with Gasteiger partial charge in [0.05, 0.1) is 24.6 Å². The van der Waals surface area contributed by atoms with Crippen molar-refractivity contribution in [1.82, 2.24) is 9.97 Å². The van der Waals surface area contributed by atoms with E-state index in [1.807, 2.05) is 0 Å². The van der Waals surface area contributed by atoms with Crippen LogP contribution in [0, 0.1) is 6.92 Å². The van der Waals surface area contributed by atoms with Crippen LogP contribution >= 0.6 is 0 Å². The molecule has 2 amide bonds. The van der Waals surface area contributed by atoms with Crippen LogP contribution in [0.5, 0.6) is 11.5 Å². The molecule has 3 heterocycles. The maximum absolute atomic E-state index is 13.6. The number of aryl methyl sites for hydroxylation is 1. The highest BCUT2D eigenvalue weighted by Gasteiger charge is 2.39. The lowest BCUT2D eigenvalue weighted by molar-refractivity contribution is -0.138. The SMILES string of the molecule is COc1cc2c(cc1C(F)(F)F)N(C(=O)N(Oc1cccnc1C)c1cccnc1)CC2. The van der Waals surface area contributed by atoms with E-state index in [9.17, 15) is 18.0 Å². The second-order valence-corrected chi connectivity index (χ2v) is 7.05. The molecule has 166 valence electrons. The molecule has 0 atom stereocenters. The highest BCUT2D eigenvalue weighted by molar-refractivity contribution is 6.03. The van der Waals surface area contributed by atoms with Crippen LogP contribution in [0.4, 0.5) is 29.3 Å². The molecule has 2 aromatic heterocycles. The van der Waals surface area contributed by atoms with E-state index in [-0.39, 0.29) is 18.0 Å². The average Bonchev–Trinajstić information content (AvgIpc) is 3.20. The van der Waals surface area contributed by atoms with Crippen molar-refractivity contribution in [3.63, 3.8) is 0 Å². The van der Waals surface area contributed by atoms with Gasteiger partial charge in [0.25, 0.3) is 0 Å². The Labute approximate surface area is 182 Å². The van der Waals surface area contributed by atoms with Gasteiger partial charge < -0.3 is 9.57 Å². The summed E-state index contributed by atoms with van der Waals surface area (Å²) in [5, 5.41) is 1.00. The molecule has 3 aromatic rings. The Kier molecular flexibility index (Phi) is 5.60. The first kappa shape index (κ1) is 21.4. The molecule has 1 aliphatic heterocycles. The fourth-order valence-corrected chi connectivity index (χ4v) is 3.45. The Morgan fingerprint density at radius 1 is 1.16 bits per heavy atom. The van der Waals surface area contributed by atoms with E-state index in [0.29, 0.717) is 29.1 Å². The van der Waals surface area contributed by atoms with Crippen LogP contribution in [-0.4, -0.2) is 29.7 Å². The highest BCUT2D eigenvalue weighted by atomic mass is 19.4. The summed E-state index contributed by atoms with van der Waals surface area (Å²) >= 11 is 0. The van der Waals surface area contributed by atoms with Crippen LogP contribution in [0.1, 0.15) is 16.8 Å². The molecule has 7 nitrogen and oxygen atoms in total. The van der Waals surface area contributed by atoms with Crippen LogP contribution in [0.15, 0.2) is 55.0 Å². The minimum absolute atomic E-state index is 0.156. The number of aromatic nitrogens is 2. The third kappa shape index (κ3) is 4.03. The van der Waals surface area contributed by atoms with Crippen LogP contribution in [0.25, 0.3) is 0 Å². The number of carbonyl (C=O) groups is 1. The fraction of sp³-hybridized carbons (Fsp3) is 0.227. The summed E-state index contributed by atoms with van der Waals surface area (Å²) < 4.78 is 45.6. The van der Waals surface area contributed by atoms with E-state index in [0.717, 1.165) is 11.1 Å². The molecular weight excluding hydrogens is 425 g/mol. The smallest absolute Gasteiger partial charge is 0.420 e. The van der Waals surface area contributed by atoms with Gasteiger partial charge >= 0.3 is 12.2 Å². The third-order valence-electron chi connectivity index (χ3n) is 5.03. The van der Waals surface area contributed by atoms with Crippen molar-refractivity contribution in [1.29, 1.82) is 0 Å². The number of rotatable bonds is 4. The lowest BCUT2D eigenvalue weighted by atomic mass is 10.1. The number of hydrogen-bond donors (Lipinski definition) is 0. The van der Waals surface area contributed by atoms with E-state index >= 15 is 0 Å². The third-order valence-corrected chi connectivity index (χ3v) is 5.03. The molecule has 10 heteroatoms. The van der Waals surface area contributed by atoms with E-state index in [1.54, 1.807) is 37.4 Å². The standard InChI is InChI=1S/C22H19F3N4O3/c1-14-19(6-4-9-27-14)32-29(16-5-3-8-26-13-16)21(30)28-10-7-15-11-20(31-2)17(12-18(15)28)22(23,24)25/h3-6,8-9,11-13H,7,10H2,1-2H3. The molecular formula is C22H19F3N4O3. The first-order chi connectivity index (χ1) is 15.3. The second-order valence-electron chi connectivity index (χ2n) is 7.05. The summed E-state index contributed by atoms with van der Waals surface area (Å²) in [4.78, 5) is 28.8. The predicted octanol–water partition coefficient (Wildman–Crippen LogP) is 4.80. The van der Waals surface area contributed by atoms with Crippen LogP contribution in [0.3, 0.4) is 0 Å². The highest BCUT2D eigenvalue weighted by Crippen LogP contribution is 2.42. The fourth-order valence-electron chi connectivity index (χ4n) is 3.45. The average molecular weight is 444 g/mol. The zero-order valence-corrected chi connectivity index (χ0v) is 17.3. The van der Waals surface area contributed by atoms with Crippen molar-refractivity contribution in [2.24, 2.45) is 0 Å². The summed E-state index contributed by atoms with van der Waals surface area (Å²) in [6, 6.07) is 8.15. The number of urea groups is 1. The van der Waals surface area contributed by atoms with Crippen molar-refractivity contribution in [3.8, 4) is 11.5 Å². The zero-order valence-electron chi connectivity index (χ0n) is 17.3. The van der Waals surface area contributed by atoms with E-state index in [1.165, 1.54) is 30.5 Å². The van der Waals surface area contributed by atoms with Gasteiger partial charge in [-0.3, -0.25) is 14.9 Å². The number of pyridine rings is 2. The number of nitrogens with zero attached hydrogens (tertiary/aromatic N) is 4. The molecule has 0 radical (unpaired) electrons. The molecule has 0 aliphatic carbocycles. The topological polar surface area (TPSA) is 67.8 Å². The normalized spacial score (nSPS) is 13.0. The van der Waals surface area contributed by atoms with Crippen LogP contribution in [0.2, 0.25) is 0 Å². The summed E-state index contributed by atoms with van der Waals surface area (Å²) in [6.07, 6.45) is 0.290. The van der Waals surface area contributed by atoms with Gasteiger partial charge in [0, 0.05) is 24.6 Å². The van der Waals surface area contributed by atoms with E-state index < -0.39 is 17.8 Å². The van der Waals surface area contributed by atoms with Gasteiger partial charge in [0.1, 0.15) is 11.4 Å². The number of methoxy groups -OCH3 is 1. The predicted molar refractivity (Wildman–Crippen MR) is 111 cm³/mol. The Morgan fingerprint density at radius 3 is 2.59 bits per heavy atom. The monoisotopic (exact) mass is 444 g/mol. The molecule has 0 fully saturated rings. The van der Waals surface area contributed by atoms with Crippen LogP contribution < -0.4 is 19.5 Å². The molecule has 1 aliphatic rings. The van der Waals surface area contributed by atoms with Gasteiger partial charge in [-0.05, 0) is 55.3 Å². The Bertz CT molecular complexity index is 1140. The molecule has 0 saturated carbocycles. The summed E-state index contributed by atoms with van der Waals surface area (Å²) in [7, 11) is 1.18. The number of alkyl halides is 3. The zero-order chi connectivity index (χ0) is 22.9. The van der Waals surface area contributed by atoms with Gasteiger partial charge in [0.15, 0.2) is 5.75 Å². The molecule has 0 saturated heterocycles. The lowest BCUT2D eigenvalue weighted by Gasteiger charge is -2.28. The van der Waals surface area contributed by atoms with Gasteiger partial charge in [-0.2, -0.15) is 13.2 Å². The minimum atomic E-state index is -4.63. The first-order valence-electron chi connectivity index (χ1n) is 9.69. The van der Waals surface area contributed by atoms with Crippen LogP contribution in [-0.2, 0) is 12.6 Å². The second kappa shape index (κ2) is 8.37. The molecule has 4 rings (SSSR count). The lowest BCUT2D eigenvalue weighted by Crippen LogP contribution is -2.45. The quantitative estimate of drug-likeness (QED) is 0.541. The summed E-state index contributed by atoms with van der Waals surface area (Å²) in [6.45, 7) is 1.90. The van der Waals surface area contributed by atoms with E-state index in [4.69, 9.17) is 9.57 Å². The van der Waals surface area contributed by atoms with Crippen molar-refractivity contribution >= 4 is 17.4 Å². The molecule has 0 unspecified atom stereocenters. The van der Waals surface area contributed by atoms with Crippen molar-refractivity contribution < 1.29 is 27.5 Å². The van der Waals surface area contributed by atoms with E-state index in [2.05, 4.69) is 9.97 Å². The number of carbonyl (C=O) groups excluding carboxylic acids is 1. The van der Waals surface area contributed by atoms with Crippen molar-refractivity contribution in [2.75, 3.05) is 23.6 Å². The van der Waals surface area contributed by atoms with Crippen molar-refractivity contribution in [2.45, 2.75) is 19.5 Å². The molecule has 0 bridgehead atoms. The number of ether oxygens (including phenoxy) is 1. The molecule has 32 heavy (non-hydrogen) atoms. The largest absolute Gasteiger partial charge is 0.496 e. The van der Waals surface area contributed by atoms with Crippen molar-refractivity contribution in [3.05, 3.63) is 71.8 Å². The molecule has 0 spiro atoms. The Hall–Kier alpha value is -3.82. The number of amides is 2. The number of hydrogen-bond acceptors (Lipinski definition) is 5.